The molecule has 2 unspecified atom stereocenters. The Balaban J connectivity index is 1.80. The number of aliphatic hydroxyl groups is 1. The van der Waals surface area contributed by atoms with Crippen molar-refractivity contribution < 1.29 is 14.6 Å². The fourth-order valence-electron chi connectivity index (χ4n) is 3.73. The lowest BCUT2D eigenvalue weighted by Crippen LogP contribution is -2.49. The first kappa shape index (κ1) is 15.8. The van der Waals surface area contributed by atoms with Gasteiger partial charge in [0.25, 0.3) is 0 Å². The van der Waals surface area contributed by atoms with Gasteiger partial charge in [0.1, 0.15) is 5.75 Å². The van der Waals surface area contributed by atoms with Crippen LogP contribution in [0.5, 0.6) is 5.75 Å². The van der Waals surface area contributed by atoms with Gasteiger partial charge in [0.15, 0.2) is 0 Å². The van der Waals surface area contributed by atoms with Gasteiger partial charge in [-0.25, -0.2) is 0 Å². The van der Waals surface area contributed by atoms with Gasteiger partial charge in [-0.15, -0.1) is 0 Å². The molecule has 2 atom stereocenters. The summed E-state index contributed by atoms with van der Waals surface area (Å²) in [6, 6.07) is 7.86. The van der Waals surface area contributed by atoms with Crippen LogP contribution in [0.1, 0.15) is 31.2 Å². The summed E-state index contributed by atoms with van der Waals surface area (Å²) in [7, 11) is 1.67. The molecule has 0 aliphatic carbocycles. The van der Waals surface area contributed by atoms with Crippen molar-refractivity contribution in [1.29, 1.82) is 0 Å². The lowest BCUT2D eigenvalue weighted by molar-refractivity contribution is -0.126. The lowest BCUT2D eigenvalue weighted by atomic mass is 9.77. The number of ether oxygens (including phenoxy) is 2. The summed E-state index contributed by atoms with van der Waals surface area (Å²) >= 11 is 0. The minimum atomic E-state index is -0.815. The van der Waals surface area contributed by atoms with Crippen LogP contribution in [0.4, 0.5) is 0 Å². The summed E-state index contributed by atoms with van der Waals surface area (Å²) in [6.07, 6.45) is 4.52. The Morgan fingerprint density at radius 1 is 1.32 bits per heavy atom. The average molecular weight is 305 g/mol. The lowest BCUT2D eigenvalue weighted by Gasteiger charge is -2.43. The third-order valence-electron chi connectivity index (χ3n) is 5.12. The summed E-state index contributed by atoms with van der Waals surface area (Å²) in [6.45, 7) is 4.44. The average Bonchev–Trinajstić information content (AvgIpc) is 2.58. The van der Waals surface area contributed by atoms with E-state index in [0.717, 1.165) is 30.9 Å². The Morgan fingerprint density at radius 3 is 2.91 bits per heavy atom. The molecule has 2 aliphatic heterocycles. The maximum atomic E-state index is 11.4. The highest BCUT2D eigenvalue weighted by atomic mass is 16.5. The molecule has 4 heteroatoms. The maximum Gasteiger partial charge on any atom is 0.119 e. The Hall–Kier alpha value is -1.10. The smallest absolute Gasteiger partial charge is 0.119 e. The van der Waals surface area contributed by atoms with Gasteiger partial charge in [-0.1, -0.05) is 18.6 Å². The second-order valence-corrected chi connectivity index (χ2v) is 6.54. The summed E-state index contributed by atoms with van der Waals surface area (Å²) in [4.78, 5) is 2.48. The van der Waals surface area contributed by atoms with Gasteiger partial charge in [0, 0.05) is 25.5 Å². The molecule has 1 aromatic rings. The number of likely N-dealkylation sites (tertiary alicyclic amines) is 1. The minimum Gasteiger partial charge on any atom is -0.497 e. The van der Waals surface area contributed by atoms with Crippen molar-refractivity contribution in [3.63, 3.8) is 0 Å². The second kappa shape index (κ2) is 6.99. The normalized spacial score (nSPS) is 30.2. The molecule has 2 fully saturated rings. The molecular weight excluding hydrogens is 278 g/mol. The van der Waals surface area contributed by atoms with E-state index in [9.17, 15) is 5.11 Å². The van der Waals surface area contributed by atoms with Gasteiger partial charge in [0.2, 0.25) is 0 Å². The molecule has 2 heterocycles. The van der Waals surface area contributed by atoms with Gasteiger partial charge in [-0.3, -0.25) is 0 Å². The Kier molecular flexibility index (Phi) is 5.01. The largest absolute Gasteiger partial charge is 0.497 e. The van der Waals surface area contributed by atoms with E-state index in [-0.39, 0.29) is 5.92 Å². The van der Waals surface area contributed by atoms with E-state index >= 15 is 0 Å². The Bertz CT molecular complexity index is 487. The van der Waals surface area contributed by atoms with E-state index in [0.29, 0.717) is 19.6 Å². The van der Waals surface area contributed by atoms with Gasteiger partial charge < -0.3 is 19.5 Å². The first-order chi connectivity index (χ1) is 10.7. The fourth-order valence-corrected chi connectivity index (χ4v) is 3.73. The SMILES string of the molecule is COc1cccc(C2(O)CCOCC2CN2CCCCC2)c1. The van der Waals surface area contributed by atoms with Crippen molar-refractivity contribution in [2.24, 2.45) is 5.92 Å². The second-order valence-electron chi connectivity index (χ2n) is 6.54. The van der Waals surface area contributed by atoms with Gasteiger partial charge in [0.05, 0.1) is 19.3 Å². The van der Waals surface area contributed by atoms with Crippen molar-refractivity contribution in [2.45, 2.75) is 31.3 Å². The van der Waals surface area contributed by atoms with Crippen molar-refractivity contribution in [3.05, 3.63) is 29.8 Å². The topological polar surface area (TPSA) is 41.9 Å². The van der Waals surface area contributed by atoms with E-state index in [1.807, 2.05) is 24.3 Å². The number of benzene rings is 1. The summed E-state index contributed by atoms with van der Waals surface area (Å²) in [5, 5.41) is 11.4. The third kappa shape index (κ3) is 3.29. The number of piperidine rings is 1. The fraction of sp³-hybridized carbons (Fsp3) is 0.667. The van der Waals surface area contributed by atoms with Crippen LogP contribution in [0.2, 0.25) is 0 Å². The van der Waals surface area contributed by atoms with Crippen LogP contribution in [0.25, 0.3) is 0 Å². The number of methoxy groups -OCH3 is 1. The zero-order valence-corrected chi connectivity index (χ0v) is 13.5. The highest BCUT2D eigenvalue weighted by Gasteiger charge is 2.42. The number of rotatable bonds is 4. The van der Waals surface area contributed by atoms with Crippen molar-refractivity contribution >= 4 is 0 Å². The van der Waals surface area contributed by atoms with E-state index in [1.165, 1.54) is 19.3 Å². The van der Waals surface area contributed by atoms with Crippen molar-refractivity contribution in [1.82, 2.24) is 4.90 Å². The molecular formula is C18H27NO3. The molecule has 3 rings (SSSR count). The standard InChI is InChI=1S/C18H27NO3/c1-21-17-7-5-6-15(12-17)18(20)8-11-22-14-16(18)13-19-9-3-2-4-10-19/h5-7,12,16,20H,2-4,8-11,13-14H2,1H3. The third-order valence-corrected chi connectivity index (χ3v) is 5.12. The summed E-state index contributed by atoms with van der Waals surface area (Å²) in [5.74, 6) is 0.917. The Morgan fingerprint density at radius 2 is 2.14 bits per heavy atom. The number of hydrogen-bond donors (Lipinski definition) is 1. The molecule has 0 saturated carbocycles. The molecule has 2 aliphatic rings. The van der Waals surface area contributed by atoms with Crippen LogP contribution in [0, 0.1) is 5.92 Å². The molecule has 0 amide bonds. The highest BCUT2D eigenvalue weighted by molar-refractivity contribution is 5.33. The molecule has 2 saturated heterocycles. The molecule has 22 heavy (non-hydrogen) atoms. The van der Waals surface area contributed by atoms with Crippen LogP contribution >= 0.6 is 0 Å². The van der Waals surface area contributed by atoms with E-state index in [2.05, 4.69) is 4.90 Å². The van der Waals surface area contributed by atoms with Gasteiger partial charge in [-0.05, 0) is 43.6 Å². The minimum absolute atomic E-state index is 0.117. The zero-order chi connectivity index (χ0) is 15.4. The van der Waals surface area contributed by atoms with Crippen LogP contribution < -0.4 is 4.74 Å². The number of nitrogens with zero attached hydrogens (tertiary/aromatic N) is 1. The van der Waals surface area contributed by atoms with E-state index in [1.54, 1.807) is 7.11 Å². The van der Waals surface area contributed by atoms with Crippen molar-refractivity contribution in [2.75, 3.05) is 40.0 Å². The molecule has 1 aromatic carbocycles. The molecule has 0 bridgehead atoms. The zero-order valence-electron chi connectivity index (χ0n) is 13.5. The predicted octanol–water partition coefficient (Wildman–Crippen LogP) is 2.41. The van der Waals surface area contributed by atoms with Gasteiger partial charge in [-0.2, -0.15) is 0 Å². The molecule has 0 aromatic heterocycles. The van der Waals surface area contributed by atoms with Crippen molar-refractivity contribution in [3.8, 4) is 5.75 Å². The van der Waals surface area contributed by atoms with E-state index in [4.69, 9.17) is 9.47 Å². The molecule has 1 N–H and O–H groups in total. The predicted molar refractivity (Wildman–Crippen MR) is 86.1 cm³/mol. The monoisotopic (exact) mass is 305 g/mol. The van der Waals surface area contributed by atoms with Crippen LogP contribution in [-0.2, 0) is 10.3 Å². The van der Waals surface area contributed by atoms with Crippen LogP contribution in [-0.4, -0.2) is 50.0 Å². The van der Waals surface area contributed by atoms with Crippen LogP contribution in [0.3, 0.4) is 0 Å². The molecule has 4 nitrogen and oxygen atoms in total. The Labute approximate surface area is 133 Å². The summed E-state index contributed by atoms with van der Waals surface area (Å²) in [5.41, 5.74) is 0.140. The van der Waals surface area contributed by atoms with Crippen LogP contribution in [0.15, 0.2) is 24.3 Å². The number of hydrogen-bond acceptors (Lipinski definition) is 4. The molecule has 0 radical (unpaired) electrons. The van der Waals surface area contributed by atoms with E-state index < -0.39 is 5.60 Å². The quantitative estimate of drug-likeness (QED) is 0.927. The van der Waals surface area contributed by atoms with Gasteiger partial charge >= 0.3 is 0 Å². The first-order valence-corrected chi connectivity index (χ1v) is 8.39. The highest BCUT2D eigenvalue weighted by Crippen LogP contribution is 2.38. The maximum absolute atomic E-state index is 11.4. The molecule has 122 valence electrons. The summed E-state index contributed by atoms with van der Waals surface area (Å²) < 4.78 is 11.0. The molecule has 0 spiro atoms. The first-order valence-electron chi connectivity index (χ1n) is 8.39.